The number of hydrogen-bond donors (Lipinski definition) is 1. The van der Waals surface area contributed by atoms with Gasteiger partial charge in [-0.2, -0.15) is 0 Å². The van der Waals surface area contributed by atoms with Crippen LogP contribution in [0.3, 0.4) is 0 Å². The topological polar surface area (TPSA) is 67.9 Å². The molecule has 2 rings (SSSR count). The molecular weight excluding hydrogens is 332 g/mol. The molecule has 144 valence electrons. The standard InChI is InChI=1S/C20H30N2O4/c1-20(2,21-19(24)26-16-17-9-5-3-6-10-17)15-18(23)25-14-13-22-11-7-4-8-12-22/h3,5-6,9-10H,4,7-8,11-16H2,1-2H3,(H,21,24). The second-order valence-corrected chi connectivity index (χ2v) is 7.37. The van der Waals surface area contributed by atoms with Gasteiger partial charge in [0.2, 0.25) is 0 Å². The quantitative estimate of drug-likeness (QED) is 0.720. The minimum atomic E-state index is -0.726. The number of alkyl carbamates (subject to hydrolysis) is 1. The van der Waals surface area contributed by atoms with Gasteiger partial charge in [-0.25, -0.2) is 4.79 Å². The number of amides is 1. The highest BCUT2D eigenvalue weighted by atomic mass is 16.5. The van der Waals surface area contributed by atoms with Crippen LogP contribution in [-0.4, -0.2) is 48.7 Å². The number of ether oxygens (including phenoxy) is 2. The van der Waals surface area contributed by atoms with E-state index in [0.717, 1.165) is 25.2 Å². The zero-order chi connectivity index (χ0) is 18.8. The van der Waals surface area contributed by atoms with E-state index >= 15 is 0 Å². The van der Waals surface area contributed by atoms with E-state index in [9.17, 15) is 9.59 Å². The molecule has 0 bridgehead atoms. The molecule has 0 unspecified atom stereocenters. The number of esters is 1. The smallest absolute Gasteiger partial charge is 0.407 e. The maximum absolute atomic E-state index is 12.0. The highest BCUT2D eigenvalue weighted by Gasteiger charge is 2.26. The highest BCUT2D eigenvalue weighted by molar-refractivity contribution is 5.73. The molecular formula is C20H30N2O4. The second kappa shape index (κ2) is 10.2. The molecule has 0 aliphatic carbocycles. The highest BCUT2D eigenvalue weighted by Crippen LogP contribution is 2.11. The largest absolute Gasteiger partial charge is 0.464 e. The molecule has 0 atom stereocenters. The van der Waals surface area contributed by atoms with Gasteiger partial charge < -0.3 is 14.8 Å². The van der Waals surface area contributed by atoms with Gasteiger partial charge in [-0.05, 0) is 45.3 Å². The van der Waals surface area contributed by atoms with Crippen molar-refractivity contribution in [2.75, 3.05) is 26.2 Å². The maximum Gasteiger partial charge on any atom is 0.407 e. The molecule has 6 nitrogen and oxygen atoms in total. The first-order valence-corrected chi connectivity index (χ1v) is 9.31. The van der Waals surface area contributed by atoms with E-state index in [-0.39, 0.29) is 19.0 Å². The van der Waals surface area contributed by atoms with E-state index in [1.54, 1.807) is 13.8 Å². The summed E-state index contributed by atoms with van der Waals surface area (Å²) in [7, 11) is 0. The van der Waals surface area contributed by atoms with Gasteiger partial charge in [0.15, 0.2) is 0 Å². The summed E-state index contributed by atoms with van der Waals surface area (Å²) in [5, 5.41) is 2.72. The summed E-state index contributed by atoms with van der Waals surface area (Å²) in [5.41, 5.74) is 0.188. The van der Waals surface area contributed by atoms with Crippen LogP contribution in [0.15, 0.2) is 30.3 Å². The Balaban J connectivity index is 1.64. The summed E-state index contributed by atoms with van der Waals surface area (Å²) in [6.45, 7) is 7.09. The molecule has 0 spiro atoms. The summed E-state index contributed by atoms with van der Waals surface area (Å²) < 4.78 is 10.5. The SMILES string of the molecule is CC(C)(CC(=O)OCCN1CCCCC1)NC(=O)OCc1ccccc1. The van der Waals surface area contributed by atoms with E-state index in [1.165, 1.54) is 19.3 Å². The molecule has 0 radical (unpaired) electrons. The van der Waals surface area contributed by atoms with Gasteiger partial charge in [0.25, 0.3) is 0 Å². The average molecular weight is 362 g/mol. The monoisotopic (exact) mass is 362 g/mol. The van der Waals surface area contributed by atoms with Gasteiger partial charge in [-0.3, -0.25) is 9.69 Å². The molecule has 1 aromatic carbocycles. The van der Waals surface area contributed by atoms with Gasteiger partial charge in [-0.15, -0.1) is 0 Å². The fourth-order valence-corrected chi connectivity index (χ4v) is 2.96. The molecule has 0 aromatic heterocycles. The molecule has 1 aliphatic heterocycles. The first kappa shape index (κ1) is 20.2. The molecule has 1 fully saturated rings. The molecule has 1 aromatic rings. The van der Waals surface area contributed by atoms with E-state index < -0.39 is 11.6 Å². The zero-order valence-corrected chi connectivity index (χ0v) is 15.8. The Hall–Kier alpha value is -2.08. The van der Waals surface area contributed by atoms with Crippen molar-refractivity contribution in [3.8, 4) is 0 Å². The van der Waals surface area contributed by atoms with Crippen molar-refractivity contribution in [3.05, 3.63) is 35.9 Å². The van der Waals surface area contributed by atoms with Crippen molar-refractivity contribution < 1.29 is 19.1 Å². The van der Waals surface area contributed by atoms with E-state index in [4.69, 9.17) is 9.47 Å². The third-order valence-corrected chi connectivity index (χ3v) is 4.36. The minimum Gasteiger partial charge on any atom is -0.464 e. The van der Waals surface area contributed by atoms with Gasteiger partial charge in [0, 0.05) is 12.1 Å². The molecule has 1 saturated heterocycles. The lowest BCUT2D eigenvalue weighted by atomic mass is 10.0. The summed E-state index contributed by atoms with van der Waals surface area (Å²) in [6.07, 6.45) is 3.29. The Bertz CT molecular complexity index is 568. The molecule has 1 aliphatic rings. The zero-order valence-electron chi connectivity index (χ0n) is 15.8. The number of benzene rings is 1. The molecule has 1 heterocycles. The van der Waals surface area contributed by atoms with Gasteiger partial charge >= 0.3 is 12.1 Å². The number of rotatable bonds is 8. The van der Waals surface area contributed by atoms with Gasteiger partial charge in [0.05, 0.1) is 6.42 Å². The second-order valence-electron chi connectivity index (χ2n) is 7.37. The Labute approximate surface area is 155 Å². The minimum absolute atomic E-state index is 0.105. The van der Waals surface area contributed by atoms with Crippen LogP contribution in [0.5, 0.6) is 0 Å². The Morgan fingerprint density at radius 3 is 2.46 bits per heavy atom. The van der Waals surface area contributed by atoms with Crippen molar-refractivity contribution in [1.29, 1.82) is 0 Å². The van der Waals surface area contributed by atoms with Crippen molar-refractivity contribution in [1.82, 2.24) is 10.2 Å². The number of carbonyl (C=O) groups is 2. The van der Waals surface area contributed by atoms with E-state index in [0.29, 0.717) is 6.61 Å². The van der Waals surface area contributed by atoms with Crippen LogP contribution in [0.25, 0.3) is 0 Å². The summed E-state index contributed by atoms with van der Waals surface area (Å²) in [6, 6.07) is 9.46. The Morgan fingerprint density at radius 1 is 1.08 bits per heavy atom. The summed E-state index contributed by atoms with van der Waals surface area (Å²) in [5.74, 6) is -0.310. The lowest BCUT2D eigenvalue weighted by molar-refractivity contribution is -0.145. The molecule has 0 saturated carbocycles. The predicted molar refractivity (Wildman–Crippen MR) is 99.7 cm³/mol. The third-order valence-electron chi connectivity index (χ3n) is 4.36. The van der Waals surface area contributed by atoms with Crippen LogP contribution in [0.2, 0.25) is 0 Å². The number of likely N-dealkylation sites (tertiary alicyclic amines) is 1. The lowest BCUT2D eigenvalue weighted by Crippen LogP contribution is -2.45. The van der Waals surface area contributed by atoms with Crippen LogP contribution < -0.4 is 5.32 Å². The molecule has 1 amide bonds. The third kappa shape index (κ3) is 7.87. The average Bonchev–Trinajstić information content (AvgIpc) is 2.61. The molecule has 1 N–H and O–H groups in total. The van der Waals surface area contributed by atoms with Crippen LogP contribution in [0.1, 0.15) is 45.1 Å². The van der Waals surface area contributed by atoms with Gasteiger partial charge in [0.1, 0.15) is 13.2 Å². The fraction of sp³-hybridized carbons (Fsp3) is 0.600. The Kier molecular flexibility index (Phi) is 7.91. The molecule has 6 heteroatoms. The number of nitrogens with one attached hydrogen (secondary N) is 1. The van der Waals surface area contributed by atoms with Gasteiger partial charge in [-0.1, -0.05) is 36.8 Å². The molecule has 26 heavy (non-hydrogen) atoms. The summed E-state index contributed by atoms with van der Waals surface area (Å²) in [4.78, 5) is 26.3. The number of hydrogen-bond acceptors (Lipinski definition) is 5. The van der Waals surface area contributed by atoms with E-state index in [1.807, 2.05) is 30.3 Å². The predicted octanol–water partition coefficient (Wildman–Crippen LogP) is 3.11. The normalized spacial score (nSPS) is 15.3. The first-order chi connectivity index (χ1) is 12.4. The first-order valence-electron chi connectivity index (χ1n) is 9.31. The van der Waals surface area contributed by atoms with Crippen molar-refractivity contribution in [2.24, 2.45) is 0 Å². The maximum atomic E-state index is 12.0. The Morgan fingerprint density at radius 2 is 1.77 bits per heavy atom. The van der Waals surface area contributed by atoms with Crippen molar-refractivity contribution >= 4 is 12.1 Å². The fourth-order valence-electron chi connectivity index (χ4n) is 2.96. The van der Waals surface area contributed by atoms with Crippen molar-refractivity contribution in [2.45, 2.75) is 51.7 Å². The number of nitrogens with zero attached hydrogens (tertiary/aromatic N) is 1. The number of piperidine rings is 1. The number of carbonyl (C=O) groups excluding carboxylic acids is 2. The van der Waals surface area contributed by atoms with Crippen LogP contribution in [-0.2, 0) is 20.9 Å². The van der Waals surface area contributed by atoms with Crippen LogP contribution in [0.4, 0.5) is 4.79 Å². The van der Waals surface area contributed by atoms with Crippen LogP contribution in [0, 0.1) is 0 Å². The van der Waals surface area contributed by atoms with Crippen molar-refractivity contribution in [3.63, 3.8) is 0 Å². The van der Waals surface area contributed by atoms with E-state index in [2.05, 4.69) is 10.2 Å². The van der Waals surface area contributed by atoms with Crippen LogP contribution >= 0.6 is 0 Å². The summed E-state index contributed by atoms with van der Waals surface area (Å²) >= 11 is 0. The lowest BCUT2D eigenvalue weighted by Gasteiger charge is -2.27.